The summed E-state index contributed by atoms with van der Waals surface area (Å²) in [4.78, 5) is 14.4. The lowest BCUT2D eigenvalue weighted by Crippen LogP contribution is -2.37. The van der Waals surface area contributed by atoms with Crippen molar-refractivity contribution in [2.24, 2.45) is 5.92 Å². The van der Waals surface area contributed by atoms with Crippen molar-refractivity contribution in [1.82, 2.24) is 10.2 Å². The van der Waals surface area contributed by atoms with E-state index >= 15 is 0 Å². The summed E-state index contributed by atoms with van der Waals surface area (Å²) in [5, 5.41) is 3.34. The van der Waals surface area contributed by atoms with Crippen molar-refractivity contribution in [2.45, 2.75) is 38.4 Å². The fourth-order valence-electron chi connectivity index (χ4n) is 4.66. The number of allylic oxidation sites excluding steroid dienone is 1. The predicted octanol–water partition coefficient (Wildman–Crippen LogP) is 4.83. The molecule has 0 spiro atoms. The standard InChI is InChI=1S/C27H31F3N2O4S/c1-37(34,35)17-13-26(33)32-16-12-20-3-9-25(36-22-6-4-21(5-7-22)27(28,29)30)23(24(20)18-32)8-2-19-10-14-31-15-11-19/h2-9,19,31H,10-18H2,1H3/b8-2+. The molecule has 0 unspecified atom stereocenters. The molecule has 0 atom stereocenters. The van der Waals surface area contributed by atoms with Crippen LogP contribution in [-0.2, 0) is 33.8 Å². The van der Waals surface area contributed by atoms with E-state index in [1.807, 2.05) is 18.2 Å². The van der Waals surface area contributed by atoms with Crippen molar-refractivity contribution < 1.29 is 31.1 Å². The number of benzene rings is 2. The molecule has 2 aromatic rings. The molecule has 4 rings (SSSR count). The van der Waals surface area contributed by atoms with Gasteiger partial charge < -0.3 is 15.0 Å². The van der Waals surface area contributed by atoms with Crippen molar-refractivity contribution in [3.63, 3.8) is 0 Å². The van der Waals surface area contributed by atoms with Gasteiger partial charge in [-0.05, 0) is 79.7 Å². The van der Waals surface area contributed by atoms with E-state index in [9.17, 15) is 26.4 Å². The number of piperidine rings is 1. The summed E-state index contributed by atoms with van der Waals surface area (Å²) in [5.74, 6) is 0.732. The molecule has 1 N–H and O–H groups in total. The lowest BCUT2D eigenvalue weighted by Gasteiger charge is -2.31. The van der Waals surface area contributed by atoms with Crippen LogP contribution in [0.15, 0.2) is 42.5 Å². The fourth-order valence-corrected chi connectivity index (χ4v) is 5.20. The van der Waals surface area contributed by atoms with Crippen LogP contribution in [-0.4, -0.2) is 50.9 Å². The number of rotatable bonds is 7. The maximum atomic E-state index is 13.0. The monoisotopic (exact) mass is 536 g/mol. The maximum absolute atomic E-state index is 13.0. The number of hydrogen-bond acceptors (Lipinski definition) is 5. The Balaban J connectivity index is 1.63. The molecular formula is C27H31F3N2O4S. The molecule has 0 aliphatic carbocycles. The van der Waals surface area contributed by atoms with Gasteiger partial charge in [-0.1, -0.05) is 18.2 Å². The first-order valence-corrected chi connectivity index (χ1v) is 14.4. The van der Waals surface area contributed by atoms with E-state index in [0.29, 0.717) is 31.2 Å². The molecule has 0 radical (unpaired) electrons. The van der Waals surface area contributed by atoms with E-state index in [1.165, 1.54) is 12.1 Å². The smallest absolute Gasteiger partial charge is 0.416 e. The summed E-state index contributed by atoms with van der Waals surface area (Å²) in [6, 6.07) is 8.31. The van der Waals surface area contributed by atoms with Crippen molar-refractivity contribution in [2.75, 3.05) is 31.6 Å². The van der Waals surface area contributed by atoms with E-state index in [4.69, 9.17) is 4.74 Å². The van der Waals surface area contributed by atoms with Gasteiger partial charge in [-0.25, -0.2) is 8.42 Å². The third kappa shape index (κ3) is 7.35. The van der Waals surface area contributed by atoms with Crippen LogP contribution in [0.3, 0.4) is 0 Å². The van der Waals surface area contributed by atoms with E-state index in [0.717, 1.165) is 61.0 Å². The van der Waals surface area contributed by atoms with Gasteiger partial charge >= 0.3 is 6.18 Å². The third-order valence-corrected chi connectivity index (χ3v) is 7.73. The average Bonchev–Trinajstić information content (AvgIpc) is 2.86. The number of amides is 1. The third-order valence-electron chi connectivity index (χ3n) is 6.78. The number of fused-ring (bicyclic) bond motifs is 1. The number of ether oxygens (including phenoxy) is 1. The molecule has 2 aliphatic rings. The first-order valence-electron chi connectivity index (χ1n) is 12.3. The number of alkyl halides is 3. The molecule has 2 aliphatic heterocycles. The van der Waals surface area contributed by atoms with E-state index < -0.39 is 21.6 Å². The molecule has 1 saturated heterocycles. The zero-order valence-electron chi connectivity index (χ0n) is 20.7. The van der Waals surface area contributed by atoms with Crippen LogP contribution in [0.2, 0.25) is 0 Å². The summed E-state index contributed by atoms with van der Waals surface area (Å²) in [6.45, 7) is 2.67. The number of nitrogens with one attached hydrogen (secondary N) is 1. The summed E-state index contributed by atoms with van der Waals surface area (Å²) in [5.41, 5.74) is 2.02. The average molecular weight is 537 g/mol. The quantitative estimate of drug-likeness (QED) is 0.549. The highest BCUT2D eigenvalue weighted by Crippen LogP contribution is 2.36. The molecular weight excluding hydrogens is 505 g/mol. The highest BCUT2D eigenvalue weighted by Gasteiger charge is 2.30. The van der Waals surface area contributed by atoms with Crippen molar-refractivity contribution in [3.05, 3.63) is 64.7 Å². The molecule has 37 heavy (non-hydrogen) atoms. The molecule has 1 amide bonds. The summed E-state index contributed by atoms with van der Waals surface area (Å²) in [6.07, 6.45) is 3.36. The lowest BCUT2D eigenvalue weighted by molar-refractivity contribution is -0.137. The van der Waals surface area contributed by atoms with Gasteiger partial charge in [0.1, 0.15) is 21.3 Å². The highest BCUT2D eigenvalue weighted by molar-refractivity contribution is 7.90. The normalized spacial score (nSPS) is 17.1. The molecule has 0 bridgehead atoms. The molecule has 6 nitrogen and oxygen atoms in total. The zero-order chi connectivity index (χ0) is 26.6. The van der Waals surface area contributed by atoms with Crippen LogP contribution in [0, 0.1) is 5.92 Å². The second kappa shape index (κ2) is 11.3. The molecule has 1 fully saturated rings. The summed E-state index contributed by atoms with van der Waals surface area (Å²) >= 11 is 0. The molecule has 10 heteroatoms. The van der Waals surface area contributed by atoms with Crippen LogP contribution >= 0.6 is 0 Å². The zero-order valence-corrected chi connectivity index (χ0v) is 21.5. The number of nitrogens with zero attached hydrogens (tertiary/aromatic N) is 1. The number of carbonyl (C=O) groups excluding carboxylic acids is 1. The van der Waals surface area contributed by atoms with Gasteiger partial charge in [-0.15, -0.1) is 0 Å². The number of hydrogen-bond donors (Lipinski definition) is 1. The van der Waals surface area contributed by atoms with Crippen LogP contribution in [0.4, 0.5) is 13.2 Å². The van der Waals surface area contributed by atoms with Gasteiger partial charge in [-0.2, -0.15) is 13.2 Å². The Kier molecular flexibility index (Phi) is 8.28. The molecule has 0 saturated carbocycles. The SMILES string of the molecule is CS(=O)(=O)CCC(=O)N1CCc2ccc(Oc3ccc(C(F)(F)F)cc3)c(/C=C/C3CCNCC3)c2C1. The minimum Gasteiger partial charge on any atom is -0.457 e. The minimum atomic E-state index is -4.43. The number of carbonyl (C=O) groups is 1. The molecule has 200 valence electrons. The minimum absolute atomic E-state index is 0.0733. The Morgan fingerprint density at radius 3 is 2.49 bits per heavy atom. The highest BCUT2D eigenvalue weighted by atomic mass is 32.2. The first-order chi connectivity index (χ1) is 17.5. The largest absolute Gasteiger partial charge is 0.457 e. The second-order valence-corrected chi connectivity index (χ2v) is 11.9. The van der Waals surface area contributed by atoms with Gasteiger partial charge in [0, 0.05) is 31.3 Å². The van der Waals surface area contributed by atoms with Gasteiger partial charge in [0.2, 0.25) is 5.91 Å². The second-order valence-electron chi connectivity index (χ2n) is 9.63. The van der Waals surface area contributed by atoms with E-state index in [1.54, 1.807) is 4.90 Å². The van der Waals surface area contributed by atoms with Gasteiger partial charge in [0.25, 0.3) is 0 Å². The Hall–Kier alpha value is -2.85. The van der Waals surface area contributed by atoms with Crippen molar-refractivity contribution in [3.8, 4) is 11.5 Å². The van der Waals surface area contributed by atoms with Crippen LogP contribution in [0.1, 0.15) is 41.5 Å². The van der Waals surface area contributed by atoms with E-state index in [2.05, 4.69) is 11.4 Å². The molecule has 2 heterocycles. The lowest BCUT2D eigenvalue weighted by atomic mass is 9.91. The van der Waals surface area contributed by atoms with Gasteiger partial charge in [0.05, 0.1) is 11.3 Å². The van der Waals surface area contributed by atoms with Gasteiger partial charge in [0.15, 0.2) is 0 Å². The number of halogens is 3. The van der Waals surface area contributed by atoms with Crippen molar-refractivity contribution in [1.29, 1.82) is 0 Å². The summed E-state index contributed by atoms with van der Waals surface area (Å²) < 4.78 is 68.1. The Morgan fingerprint density at radius 2 is 1.84 bits per heavy atom. The van der Waals surface area contributed by atoms with Crippen LogP contribution < -0.4 is 10.1 Å². The Morgan fingerprint density at radius 1 is 1.14 bits per heavy atom. The van der Waals surface area contributed by atoms with Crippen molar-refractivity contribution >= 4 is 21.8 Å². The topological polar surface area (TPSA) is 75.7 Å². The fraction of sp³-hybridized carbons (Fsp3) is 0.444. The van der Waals surface area contributed by atoms with Crippen LogP contribution in [0.5, 0.6) is 11.5 Å². The van der Waals surface area contributed by atoms with Crippen LogP contribution in [0.25, 0.3) is 6.08 Å². The predicted molar refractivity (Wildman–Crippen MR) is 136 cm³/mol. The molecule has 2 aromatic carbocycles. The maximum Gasteiger partial charge on any atom is 0.416 e. The molecule has 0 aromatic heterocycles. The number of sulfone groups is 1. The van der Waals surface area contributed by atoms with E-state index in [-0.39, 0.29) is 23.8 Å². The first kappa shape index (κ1) is 27.2. The Labute approximate surface area is 215 Å². The Bertz CT molecular complexity index is 1250. The summed E-state index contributed by atoms with van der Waals surface area (Å²) in [7, 11) is -3.26. The van der Waals surface area contributed by atoms with Gasteiger partial charge in [-0.3, -0.25) is 4.79 Å².